The molecule has 2 rings (SSSR count). The van der Waals surface area contributed by atoms with Crippen molar-refractivity contribution >= 4 is 44.9 Å². The van der Waals surface area contributed by atoms with Gasteiger partial charge < -0.3 is 10.1 Å². The van der Waals surface area contributed by atoms with Crippen LogP contribution in [0.25, 0.3) is 0 Å². The van der Waals surface area contributed by atoms with Crippen molar-refractivity contribution in [3.8, 4) is 5.75 Å². The van der Waals surface area contributed by atoms with Crippen molar-refractivity contribution in [1.29, 1.82) is 0 Å². The van der Waals surface area contributed by atoms with Crippen LogP contribution in [0.15, 0.2) is 40.9 Å². The van der Waals surface area contributed by atoms with Crippen molar-refractivity contribution in [3.63, 3.8) is 0 Å². The molecule has 1 amide bonds. The lowest BCUT2D eigenvalue weighted by Crippen LogP contribution is -2.34. The Labute approximate surface area is 168 Å². The third kappa shape index (κ3) is 5.54. The molecule has 0 aliphatic heterocycles. The average molecular weight is 435 g/mol. The first-order chi connectivity index (χ1) is 12.3. The lowest BCUT2D eigenvalue weighted by atomic mass is 10.1. The van der Waals surface area contributed by atoms with E-state index in [0.29, 0.717) is 23.8 Å². The largest absolute Gasteiger partial charge is 0.492 e. The van der Waals surface area contributed by atoms with E-state index in [-0.39, 0.29) is 11.0 Å². The Morgan fingerprint density at radius 1 is 1.19 bits per heavy atom. The van der Waals surface area contributed by atoms with E-state index in [2.05, 4.69) is 40.4 Å². The molecule has 0 atom stereocenters. The number of hydrogen-bond acceptors (Lipinski definition) is 3. The van der Waals surface area contributed by atoms with Crippen LogP contribution in [0.3, 0.4) is 0 Å². The maximum absolute atomic E-state index is 12.4. The van der Waals surface area contributed by atoms with E-state index >= 15 is 0 Å². The van der Waals surface area contributed by atoms with Gasteiger partial charge >= 0.3 is 0 Å². The number of hydrogen-bond donors (Lipinski definition) is 2. The van der Waals surface area contributed by atoms with Gasteiger partial charge in [-0.1, -0.05) is 32.0 Å². The van der Waals surface area contributed by atoms with Gasteiger partial charge in [-0.3, -0.25) is 10.1 Å². The molecule has 2 aromatic carbocycles. The molecule has 0 spiro atoms. The third-order valence-corrected chi connectivity index (χ3v) is 4.54. The number of amides is 1. The highest BCUT2D eigenvalue weighted by atomic mass is 79.9. The van der Waals surface area contributed by atoms with Crippen molar-refractivity contribution < 1.29 is 9.53 Å². The zero-order chi connectivity index (χ0) is 19.3. The van der Waals surface area contributed by atoms with Crippen molar-refractivity contribution in [2.75, 3.05) is 11.9 Å². The standard InChI is InChI=1S/C20H23BrN2O2S/c1-12(2)11-25-17-9-8-15(10-16(17)21)19(24)23-20(26)22-18-13(3)6-5-7-14(18)4/h5-10,12H,11H2,1-4H3,(H2,22,23,24,26). The molecule has 6 heteroatoms. The molecule has 0 heterocycles. The molecule has 4 nitrogen and oxygen atoms in total. The number of carbonyl (C=O) groups is 1. The highest BCUT2D eigenvalue weighted by molar-refractivity contribution is 9.10. The first-order valence-electron chi connectivity index (χ1n) is 8.39. The van der Waals surface area contributed by atoms with Gasteiger partial charge in [-0.2, -0.15) is 0 Å². The Kier molecular flexibility index (Phi) is 7.17. The zero-order valence-corrected chi connectivity index (χ0v) is 17.8. The summed E-state index contributed by atoms with van der Waals surface area (Å²) in [6, 6.07) is 11.2. The van der Waals surface area contributed by atoms with E-state index in [0.717, 1.165) is 21.3 Å². The molecule has 0 unspecified atom stereocenters. The minimum atomic E-state index is -0.273. The van der Waals surface area contributed by atoms with Gasteiger partial charge in [-0.15, -0.1) is 0 Å². The summed E-state index contributed by atoms with van der Waals surface area (Å²) < 4.78 is 6.44. The summed E-state index contributed by atoms with van der Waals surface area (Å²) in [6.45, 7) is 8.77. The van der Waals surface area contributed by atoms with Crippen molar-refractivity contribution in [3.05, 3.63) is 57.6 Å². The summed E-state index contributed by atoms with van der Waals surface area (Å²) >= 11 is 8.73. The fraction of sp³-hybridized carbons (Fsp3) is 0.300. The molecule has 0 saturated heterocycles. The van der Waals surface area contributed by atoms with Gasteiger partial charge in [0.1, 0.15) is 5.75 Å². The summed E-state index contributed by atoms with van der Waals surface area (Å²) in [4.78, 5) is 12.4. The number of rotatable bonds is 5. The Morgan fingerprint density at radius 2 is 1.85 bits per heavy atom. The molecule has 0 saturated carbocycles. The van der Waals surface area contributed by atoms with Gasteiger partial charge in [0.05, 0.1) is 11.1 Å². The molecule has 0 fully saturated rings. The molecule has 2 N–H and O–H groups in total. The normalized spacial score (nSPS) is 10.5. The molecular formula is C20H23BrN2O2S. The molecule has 0 aliphatic rings. The van der Waals surface area contributed by atoms with E-state index in [1.807, 2.05) is 32.0 Å². The minimum absolute atomic E-state index is 0.267. The van der Waals surface area contributed by atoms with Crippen molar-refractivity contribution in [2.24, 2.45) is 5.92 Å². The van der Waals surface area contributed by atoms with Crippen LogP contribution in [0.1, 0.15) is 35.3 Å². The first-order valence-corrected chi connectivity index (χ1v) is 9.59. The van der Waals surface area contributed by atoms with Crippen LogP contribution in [-0.2, 0) is 0 Å². The predicted molar refractivity (Wildman–Crippen MR) is 114 cm³/mol. The third-order valence-electron chi connectivity index (χ3n) is 3.71. The summed E-state index contributed by atoms with van der Waals surface area (Å²) in [5.41, 5.74) is 3.54. The van der Waals surface area contributed by atoms with Crippen LogP contribution in [-0.4, -0.2) is 17.6 Å². The van der Waals surface area contributed by atoms with Gasteiger partial charge in [0.15, 0.2) is 5.11 Å². The predicted octanol–water partition coefficient (Wildman–Crippen LogP) is 5.23. The van der Waals surface area contributed by atoms with Crippen LogP contribution >= 0.6 is 28.1 Å². The maximum Gasteiger partial charge on any atom is 0.257 e. The SMILES string of the molecule is Cc1cccc(C)c1NC(=S)NC(=O)c1ccc(OCC(C)C)c(Br)c1. The van der Waals surface area contributed by atoms with E-state index in [1.54, 1.807) is 18.2 Å². The Hall–Kier alpha value is -1.92. The van der Waals surface area contributed by atoms with Crippen LogP contribution in [0.2, 0.25) is 0 Å². The van der Waals surface area contributed by atoms with Crippen LogP contribution < -0.4 is 15.4 Å². The van der Waals surface area contributed by atoms with Crippen molar-refractivity contribution in [1.82, 2.24) is 5.32 Å². The average Bonchev–Trinajstić information content (AvgIpc) is 2.57. The number of carbonyl (C=O) groups excluding carboxylic acids is 1. The van der Waals surface area contributed by atoms with E-state index in [1.165, 1.54) is 0 Å². The Balaban J connectivity index is 2.03. The van der Waals surface area contributed by atoms with Crippen molar-refractivity contribution in [2.45, 2.75) is 27.7 Å². The lowest BCUT2D eigenvalue weighted by molar-refractivity contribution is 0.0977. The van der Waals surface area contributed by atoms with Gasteiger partial charge in [0.2, 0.25) is 0 Å². The highest BCUT2D eigenvalue weighted by Crippen LogP contribution is 2.26. The van der Waals surface area contributed by atoms with Gasteiger partial charge in [-0.25, -0.2) is 0 Å². The molecule has 0 aromatic heterocycles. The minimum Gasteiger partial charge on any atom is -0.492 e. The fourth-order valence-electron chi connectivity index (χ4n) is 2.35. The van der Waals surface area contributed by atoms with Crippen LogP contribution in [0.5, 0.6) is 5.75 Å². The number of thiocarbonyl (C=S) groups is 1. The van der Waals surface area contributed by atoms with Crippen LogP contribution in [0, 0.1) is 19.8 Å². The summed E-state index contributed by atoms with van der Waals surface area (Å²) in [5.74, 6) is 0.870. The molecular weight excluding hydrogens is 412 g/mol. The molecule has 0 aliphatic carbocycles. The maximum atomic E-state index is 12.4. The Bertz CT molecular complexity index is 801. The molecule has 138 valence electrons. The topological polar surface area (TPSA) is 50.4 Å². The zero-order valence-electron chi connectivity index (χ0n) is 15.4. The second kappa shape index (κ2) is 9.14. The van der Waals surface area contributed by atoms with Crippen LogP contribution in [0.4, 0.5) is 5.69 Å². The van der Waals surface area contributed by atoms with Gasteiger partial charge in [-0.05, 0) is 77.2 Å². The lowest BCUT2D eigenvalue weighted by Gasteiger charge is -2.15. The number of halogens is 1. The number of para-hydroxylation sites is 1. The number of nitrogens with one attached hydrogen (secondary N) is 2. The quantitative estimate of drug-likeness (QED) is 0.632. The van der Waals surface area contributed by atoms with E-state index in [9.17, 15) is 4.79 Å². The molecule has 26 heavy (non-hydrogen) atoms. The second-order valence-electron chi connectivity index (χ2n) is 6.53. The molecule has 2 aromatic rings. The fourth-order valence-corrected chi connectivity index (χ4v) is 3.04. The summed E-state index contributed by atoms with van der Waals surface area (Å²) in [5, 5.41) is 6.08. The number of ether oxygens (including phenoxy) is 1. The van der Waals surface area contributed by atoms with E-state index < -0.39 is 0 Å². The Morgan fingerprint density at radius 3 is 2.42 bits per heavy atom. The number of aryl methyl sites for hydroxylation is 2. The molecule has 0 bridgehead atoms. The molecule has 0 radical (unpaired) electrons. The first kappa shape index (κ1) is 20.4. The summed E-state index contributed by atoms with van der Waals surface area (Å²) in [7, 11) is 0. The van der Waals surface area contributed by atoms with Gasteiger partial charge in [0.25, 0.3) is 5.91 Å². The smallest absolute Gasteiger partial charge is 0.257 e. The summed E-state index contributed by atoms with van der Waals surface area (Å²) in [6.07, 6.45) is 0. The van der Waals surface area contributed by atoms with Gasteiger partial charge in [0, 0.05) is 11.3 Å². The van der Waals surface area contributed by atoms with E-state index in [4.69, 9.17) is 17.0 Å². The number of benzene rings is 2. The monoisotopic (exact) mass is 434 g/mol. The number of anilines is 1. The second-order valence-corrected chi connectivity index (χ2v) is 7.79. The highest BCUT2D eigenvalue weighted by Gasteiger charge is 2.12.